The molecule has 3 heteroatoms. The van der Waals surface area contributed by atoms with E-state index in [0.717, 1.165) is 23.2 Å². The van der Waals surface area contributed by atoms with Gasteiger partial charge in [-0.1, -0.05) is 15.9 Å². The van der Waals surface area contributed by atoms with Gasteiger partial charge in [0.15, 0.2) is 6.23 Å². The number of ether oxygens (including phenoxy) is 1. The number of benzene rings is 1. The number of rotatable bonds is 2. The molecular formula is C11H14BrNO. The Morgan fingerprint density at radius 1 is 1.36 bits per heavy atom. The summed E-state index contributed by atoms with van der Waals surface area (Å²) < 4.78 is 6.94. The van der Waals surface area contributed by atoms with Gasteiger partial charge in [0.1, 0.15) is 5.75 Å². The van der Waals surface area contributed by atoms with Gasteiger partial charge in [-0.25, -0.2) is 0 Å². The highest BCUT2D eigenvalue weighted by atomic mass is 79.9. The highest BCUT2D eigenvalue weighted by molar-refractivity contribution is 9.10. The molecule has 1 aliphatic heterocycles. The second-order valence-electron chi connectivity index (χ2n) is 3.65. The summed E-state index contributed by atoms with van der Waals surface area (Å²) in [5, 5.41) is 0. The molecule has 1 saturated heterocycles. The first-order valence-corrected chi connectivity index (χ1v) is 5.67. The summed E-state index contributed by atoms with van der Waals surface area (Å²) in [6, 6.07) is 8.00. The summed E-state index contributed by atoms with van der Waals surface area (Å²) in [6.07, 6.45) is 2.63. The van der Waals surface area contributed by atoms with Crippen LogP contribution in [0.4, 0.5) is 0 Å². The molecule has 76 valence electrons. The van der Waals surface area contributed by atoms with Crippen LogP contribution in [-0.2, 0) is 0 Å². The van der Waals surface area contributed by atoms with Gasteiger partial charge < -0.3 is 4.74 Å². The van der Waals surface area contributed by atoms with Crippen LogP contribution in [0.25, 0.3) is 0 Å². The summed E-state index contributed by atoms with van der Waals surface area (Å²) in [5.41, 5.74) is 0. The largest absolute Gasteiger partial charge is 0.475 e. The van der Waals surface area contributed by atoms with E-state index in [2.05, 4.69) is 27.9 Å². The summed E-state index contributed by atoms with van der Waals surface area (Å²) in [7, 11) is 2.11. The Labute approximate surface area is 93.0 Å². The number of nitrogens with zero attached hydrogens (tertiary/aromatic N) is 1. The van der Waals surface area contributed by atoms with Crippen LogP contribution in [0.3, 0.4) is 0 Å². The predicted molar refractivity (Wildman–Crippen MR) is 60.4 cm³/mol. The molecule has 1 aromatic carbocycles. The molecule has 0 spiro atoms. The Bertz CT molecular complexity index is 299. The molecule has 2 nitrogen and oxygen atoms in total. The van der Waals surface area contributed by atoms with Crippen LogP contribution in [0.5, 0.6) is 5.75 Å². The Morgan fingerprint density at radius 2 is 2.07 bits per heavy atom. The van der Waals surface area contributed by atoms with Crippen molar-refractivity contribution in [1.29, 1.82) is 0 Å². The van der Waals surface area contributed by atoms with E-state index in [1.54, 1.807) is 0 Å². The lowest BCUT2D eigenvalue weighted by atomic mass is 10.3. The van der Waals surface area contributed by atoms with Crippen LogP contribution in [0.1, 0.15) is 12.8 Å². The second-order valence-corrected chi connectivity index (χ2v) is 4.56. The minimum absolute atomic E-state index is 0.260. The monoisotopic (exact) mass is 255 g/mol. The van der Waals surface area contributed by atoms with Crippen LogP contribution in [0, 0.1) is 0 Å². The van der Waals surface area contributed by atoms with E-state index in [0.29, 0.717) is 0 Å². The molecule has 2 rings (SSSR count). The fourth-order valence-corrected chi connectivity index (χ4v) is 1.96. The molecule has 0 radical (unpaired) electrons. The van der Waals surface area contributed by atoms with Crippen molar-refractivity contribution in [2.24, 2.45) is 0 Å². The van der Waals surface area contributed by atoms with Crippen molar-refractivity contribution >= 4 is 15.9 Å². The molecule has 1 aromatic rings. The third kappa shape index (κ3) is 2.28. The van der Waals surface area contributed by atoms with E-state index >= 15 is 0 Å². The minimum Gasteiger partial charge on any atom is -0.475 e. The van der Waals surface area contributed by atoms with Gasteiger partial charge >= 0.3 is 0 Å². The van der Waals surface area contributed by atoms with Crippen LogP contribution in [0.15, 0.2) is 28.7 Å². The zero-order valence-electron chi connectivity index (χ0n) is 8.24. The van der Waals surface area contributed by atoms with Gasteiger partial charge in [-0.15, -0.1) is 0 Å². The van der Waals surface area contributed by atoms with Gasteiger partial charge in [-0.2, -0.15) is 0 Å². The molecule has 0 N–H and O–H groups in total. The highest BCUT2D eigenvalue weighted by Gasteiger charge is 2.21. The van der Waals surface area contributed by atoms with Crippen LogP contribution < -0.4 is 4.74 Å². The standard InChI is InChI=1S/C11H14BrNO/c1-13-8-2-3-11(13)14-10-6-4-9(12)5-7-10/h4-7,11H,2-3,8H2,1H3. The zero-order valence-corrected chi connectivity index (χ0v) is 9.83. The van der Waals surface area contributed by atoms with E-state index in [1.165, 1.54) is 6.42 Å². The van der Waals surface area contributed by atoms with Gasteiger partial charge in [-0.3, -0.25) is 4.90 Å². The van der Waals surface area contributed by atoms with Crippen molar-refractivity contribution in [3.63, 3.8) is 0 Å². The van der Waals surface area contributed by atoms with Gasteiger partial charge in [0.2, 0.25) is 0 Å². The van der Waals surface area contributed by atoms with Gasteiger partial charge in [0, 0.05) is 11.0 Å². The van der Waals surface area contributed by atoms with Gasteiger partial charge in [0.25, 0.3) is 0 Å². The molecule has 1 fully saturated rings. The third-order valence-electron chi connectivity index (χ3n) is 2.54. The first-order chi connectivity index (χ1) is 6.75. The molecule has 1 aliphatic rings. The molecule has 0 aliphatic carbocycles. The Balaban J connectivity index is 2.00. The summed E-state index contributed by atoms with van der Waals surface area (Å²) >= 11 is 3.40. The average Bonchev–Trinajstić information content (AvgIpc) is 2.56. The Hall–Kier alpha value is -0.540. The minimum atomic E-state index is 0.260. The summed E-state index contributed by atoms with van der Waals surface area (Å²) in [6.45, 7) is 1.14. The van der Waals surface area contributed by atoms with Gasteiger partial charge in [-0.05, 0) is 44.2 Å². The fourth-order valence-electron chi connectivity index (χ4n) is 1.70. The Morgan fingerprint density at radius 3 is 2.64 bits per heavy atom. The predicted octanol–water partition coefficient (Wildman–Crippen LogP) is 2.88. The summed E-state index contributed by atoms with van der Waals surface area (Å²) in [4.78, 5) is 2.25. The molecular weight excluding hydrogens is 242 g/mol. The van der Waals surface area contributed by atoms with Crippen LogP contribution in [-0.4, -0.2) is 24.7 Å². The fraction of sp³-hybridized carbons (Fsp3) is 0.455. The smallest absolute Gasteiger partial charge is 0.152 e. The van der Waals surface area contributed by atoms with E-state index in [4.69, 9.17) is 4.74 Å². The molecule has 0 saturated carbocycles. The molecule has 0 amide bonds. The SMILES string of the molecule is CN1CCCC1Oc1ccc(Br)cc1. The van der Waals surface area contributed by atoms with Crippen molar-refractivity contribution in [3.8, 4) is 5.75 Å². The topological polar surface area (TPSA) is 12.5 Å². The molecule has 1 atom stereocenters. The van der Waals surface area contributed by atoms with Crippen molar-refractivity contribution in [2.75, 3.05) is 13.6 Å². The van der Waals surface area contributed by atoms with Crippen LogP contribution in [0.2, 0.25) is 0 Å². The number of halogens is 1. The molecule has 1 unspecified atom stereocenters. The lowest BCUT2D eigenvalue weighted by Crippen LogP contribution is -2.30. The van der Waals surface area contributed by atoms with E-state index in [1.807, 2.05) is 24.3 Å². The lowest BCUT2D eigenvalue weighted by molar-refractivity contribution is 0.0812. The maximum Gasteiger partial charge on any atom is 0.152 e. The normalized spacial score (nSPS) is 22.6. The highest BCUT2D eigenvalue weighted by Crippen LogP contribution is 2.22. The van der Waals surface area contributed by atoms with Crippen LogP contribution >= 0.6 is 15.9 Å². The maximum absolute atomic E-state index is 5.85. The number of likely N-dealkylation sites (tertiary alicyclic amines) is 1. The molecule has 0 aromatic heterocycles. The quantitative estimate of drug-likeness (QED) is 0.806. The van der Waals surface area contributed by atoms with E-state index in [9.17, 15) is 0 Å². The first kappa shape index (κ1) is 9.99. The average molecular weight is 256 g/mol. The third-order valence-corrected chi connectivity index (χ3v) is 3.07. The maximum atomic E-state index is 5.85. The first-order valence-electron chi connectivity index (χ1n) is 4.88. The lowest BCUT2D eigenvalue weighted by Gasteiger charge is -2.20. The van der Waals surface area contributed by atoms with Crippen molar-refractivity contribution in [2.45, 2.75) is 19.1 Å². The second kappa shape index (κ2) is 4.32. The van der Waals surface area contributed by atoms with Crippen molar-refractivity contribution in [3.05, 3.63) is 28.7 Å². The Kier molecular flexibility index (Phi) is 3.08. The van der Waals surface area contributed by atoms with Gasteiger partial charge in [0.05, 0.1) is 0 Å². The molecule has 14 heavy (non-hydrogen) atoms. The van der Waals surface area contributed by atoms with E-state index < -0.39 is 0 Å². The van der Waals surface area contributed by atoms with E-state index in [-0.39, 0.29) is 6.23 Å². The number of hydrogen-bond acceptors (Lipinski definition) is 2. The molecule has 1 heterocycles. The molecule has 0 bridgehead atoms. The van der Waals surface area contributed by atoms with Crippen molar-refractivity contribution in [1.82, 2.24) is 4.90 Å². The zero-order chi connectivity index (χ0) is 9.97. The van der Waals surface area contributed by atoms with Crippen molar-refractivity contribution < 1.29 is 4.74 Å². The summed E-state index contributed by atoms with van der Waals surface area (Å²) in [5.74, 6) is 0.951. The number of hydrogen-bond donors (Lipinski definition) is 0.